The first kappa shape index (κ1) is 12.5. The van der Waals surface area contributed by atoms with Crippen molar-refractivity contribution in [1.82, 2.24) is 0 Å². The van der Waals surface area contributed by atoms with Gasteiger partial charge in [-0.25, -0.2) is 0 Å². The first-order valence-electron chi connectivity index (χ1n) is 5.83. The van der Waals surface area contributed by atoms with E-state index in [-0.39, 0.29) is 18.6 Å². The molecule has 4 heteroatoms. The Morgan fingerprint density at radius 3 is 2.71 bits per heavy atom. The molecule has 1 aliphatic heterocycles. The van der Waals surface area contributed by atoms with Crippen LogP contribution in [0.5, 0.6) is 0 Å². The molecule has 0 spiro atoms. The van der Waals surface area contributed by atoms with Crippen LogP contribution in [0.3, 0.4) is 0 Å². The zero-order valence-corrected chi connectivity index (χ0v) is 10.7. The number of carbonyl (C=O) groups excluding carboxylic acids is 1. The lowest BCUT2D eigenvalue weighted by Gasteiger charge is -2.34. The fraction of sp³-hybridized carbons (Fsp3) is 0.462. The van der Waals surface area contributed by atoms with Gasteiger partial charge in [-0.05, 0) is 43.4 Å². The maximum atomic E-state index is 11.9. The van der Waals surface area contributed by atoms with Crippen molar-refractivity contribution in [1.29, 1.82) is 0 Å². The highest BCUT2D eigenvalue weighted by atomic mass is 32.2. The SMILES string of the molecule is CSc1ccc(N2C(=O)CCCC2CO)cc1. The minimum absolute atomic E-state index is 0.0377. The second-order valence-corrected chi connectivity index (χ2v) is 5.07. The van der Waals surface area contributed by atoms with Gasteiger partial charge in [0.25, 0.3) is 0 Å². The maximum Gasteiger partial charge on any atom is 0.227 e. The molecular weight excluding hydrogens is 234 g/mol. The minimum Gasteiger partial charge on any atom is -0.394 e. The zero-order chi connectivity index (χ0) is 12.3. The molecule has 0 bridgehead atoms. The number of thioether (sulfide) groups is 1. The predicted octanol–water partition coefficient (Wildman–Crippen LogP) is 2.29. The Kier molecular flexibility index (Phi) is 4.07. The third-order valence-electron chi connectivity index (χ3n) is 3.12. The monoisotopic (exact) mass is 251 g/mol. The molecular formula is C13H17NO2S. The quantitative estimate of drug-likeness (QED) is 0.838. The van der Waals surface area contributed by atoms with Crippen molar-refractivity contribution in [3.63, 3.8) is 0 Å². The van der Waals surface area contributed by atoms with E-state index in [0.717, 1.165) is 18.5 Å². The fourth-order valence-corrected chi connectivity index (χ4v) is 2.62. The van der Waals surface area contributed by atoms with Gasteiger partial charge in [-0.2, -0.15) is 0 Å². The van der Waals surface area contributed by atoms with E-state index in [9.17, 15) is 9.90 Å². The first-order valence-corrected chi connectivity index (χ1v) is 7.05. The van der Waals surface area contributed by atoms with Crippen molar-refractivity contribution in [3.05, 3.63) is 24.3 Å². The standard InChI is InChI=1S/C13H17NO2S/c1-17-12-7-5-10(6-8-12)14-11(9-15)3-2-4-13(14)16/h5-8,11,15H,2-4,9H2,1H3. The number of aliphatic hydroxyl groups excluding tert-OH is 1. The average molecular weight is 251 g/mol. The summed E-state index contributed by atoms with van der Waals surface area (Å²) in [7, 11) is 0. The summed E-state index contributed by atoms with van der Waals surface area (Å²) in [6.07, 6.45) is 4.37. The van der Waals surface area contributed by atoms with Gasteiger partial charge in [-0.3, -0.25) is 4.79 Å². The molecule has 1 aromatic carbocycles. The molecule has 1 unspecified atom stereocenters. The molecule has 1 aromatic rings. The van der Waals surface area contributed by atoms with E-state index >= 15 is 0 Å². The molecule has 3 nitrogen and oxygen atoms in total. The molecule has 1 N–H and O–H groups in total. The number of hydrogen-bond donors (Lipinski definition) is 1. The highest BCUT2D eigenvalue weighted by Crippen LogP contribution is 2.27. The van der Waals surface area contributed by atoms with E-state index in [1.165, 1.54) is 4.90 Å². The summed E-state index contributed by atoms with van der Waals surface area (Å²) in [4.78, 5) is 14.9. The van der Waals surface area contributed by atoms with Gasteiger partial charge in [-0.15, -0.1) is 11.8 Å². The van der Waals surface area contributed by atoms with Crippen LogP contribution in [-0.4, -0.2) is 29.9 Å². The smallest absolute Gasteiger partial charge is 0.227 e. The summed E-state index contributed by atoms with van der Waals surface area (Å²) in [5.41, 5.74) is 0.895. The van der Waals surface area contributed by atoms with Crippen LogP contribution >= 0.6 is 11.8 Å². The summed E-state index contributed by atoms with van der Waals surface area (Å²) in [6.45, 7) is 0.0377. The van der Waals surface area contributed by atoms with Gasteiger partial charge in [0.05, 0.1) is 12.6 Å². The van der Waals surface area contributed by atoms with Crippen molar-refractivity contribution in [3.8, 4) is 0 Å². The lowest BCUT2D eigenvalue weighted by molar-refractivity contribution is -0.120. The van der Waals surface area contributed by atoms with Crippen LogP contribution in [0.4, 0.5) is 5.69 Å². The Hall–Kier alpha value is -1.00. The number of hydrogen-bond acceptors (Lipinski definition) is 3. The Labute approximate surface area is 106 Å². The van der Waals surface area contributed by atoms with E-state index in [4.69, 9.17) is 0 Å². The van der Waals surface area contributed by atoms with Crippen LogP contribution in [0.1, 0.15) is 19.3 Å². The van der Waals surface area contributed by atoms with E-state index < -0.39 is 0 Å². The van der Waals surface area contributed by atoms with Crippen molar-refractivity contribution in [2.24, 2.45) is 0 Å². The van der Waals surface area contributed by atoms with Crippen molar-refractivity contribution >= 4 is 23.4 Å². The summed E-state index contributed by atoms with van der Waals surface area (Å²) < 4.78 is 0. The minimum atomic E-state index is -0.0589. The molecule has 1 fully saturated rings. The van der Waals surface area contributed by atoms with Gasteiger partial charge < -0.3 is 10.0 Å². The molecule has 1 amide bonds. The molecule has 1 saturated heterocycles. The number of rotatable bonds is 3. The Morgan fingerprint density at radius 1 is 1.41 bits per heavy atom. The lowest BCUT2D eigenvalue weighted by Crippen LogP contribution is -2.45. The third-order valence-corrected chi connectivity index (χ3v) is 3.87. The molecule has 0 radical (unpaired) electrons. The van der Waals surface area contributed by atoms with Crippen molar-refractivity contribution in [2.75, 3.05) is 17.8 Å². The van der Waals surface area contributed by atoms with Crippen LogP contribution in [0.2, 0.25) is 0 Å². The molecule has 2 rings (SSSR count). The van der Waals surface area contributed by atoms with Crippen LogP contribution < -0.4 is 4.90 Å². The number of carbonyl (C=O) groups is 1. The van der Waals surface area contributed by atoms with Crippen molar-refractivity contribution in [2.45, 2.75) is 30.2 Å². The van der Waals surface area contributed by atoms with Gasteiger partial charge in [0.2, 0.25) is 5.91 Å². The molecule has 1 heterocycles. The van der Waals surface area contributed by atoms with E-state index in [1.54, 1.807) is 16.7 Å². The second-order valence-electron chi connectivity index (χ2n) is 4.19. The van der Waals surface area contributed by atoms with Gasteiger partial charge in [0, 0.05) is 17.0 Å². The van der Waals surface area contributed by atoms with Gasteiger partial charge >= 0.3 is 0 Å². The predicted molar refractivity (Wildman–Crippen MR) is 70.4 cm³/mol. The van der Waals surface area contributed by atoms with Crippen LogP contribution in [0, 0.1) is 0 Å². The van der Waals surface area contributed by atoms with Crippen LogP contribution in [0.25, 0.3) is 0 Å². The number of nitrogens with zero attached hydrogens (tertiary/aromatic N) is 1. The number of anilines is 1. The number of benzene rings is 1. The van der Waals surface area contributed by atoms with E-state index in [0.29, 0.717) is 6.42 Å². The first-order chi connectivity index (χ1) is 8.26. The lowest BCUT2D eigenvalue weighted by atomic mass is 10.0. The summed E-state index contributed by atoms with van der Waals surface area (Å²) in [5, 5.41) is 9.34. The fourth-order valence-electron chi connectivity index (χ4n) is 2.21. The normalized spacial score (nSPS) is 20.7. The van der Waals surface area contributed by atoms with E-state index in [1.807, 2.05) is 30.5 Å². The Balaban J connectivity index is 2.25. The summed E-state index contributed by atoms with van der Waals surface area (Å²) >= 11 is 1.68. The van der Waals surface area contributed by atoms with E-state index in [2.05, 4.69) is 0 Å². The second kappa shape index (κ2) is 5.56. The molecule has 0 aromatic heterocycles. The third kappa shape index (κ3) is 2.64. The largest absolute Gasteiger partial charge is 0.394 e. The van der Waals surface area contributed by atoms with Gasteiger partial charge in [-0.1, -0.05) is 0 Å². The number of amides is 1. The maximum absolute atomic E-state index is 11.9. The van der Waals surface area contributed by atoms with Gasteiger partial charge in [0.15, 0.2) is 0 Å². The Morgan fingerprint density at radius 2 is 2.12 bits per heavy atom. The molecule has 0 aliphatic carbocycles. The zero-order valence-electron chi connectivity index (χ0n) is 9.93. The van der Waals surface area contributed by atoms with Crippen LogP contribution in [0.15, 0.2) is 29.2 Å². The average Bonchev–Trinajstić information content (AvgIpc) is 2.38. The molecule has 1 aliphatic rings. The van der Waals surface area contributed by atoms with Crippen molar-refractivity contribution < 1.29 is 9.90 Å². The summed E-state index contributed by atoms with van der Waals surface area (Å²) in [6, 6.07) is 7.87. The summed E-state index contributed by atoms with van der Waals surface area (Å²) in [5.74, 6) is 0.118. The van der Waals surface area contributed by atoms with Gasteiger partial charge in [0.1, 0.15) is 0 Å². The number of aliphatic hydroxyl groups is 1. The number of piperidine rings is 1. The molecule has 17 heavy (non-hydrogen) atoms. The van der Waals surface area contributed by atoms with Crippen LogP contribution in [-0.2, 0) is 4.79 Å². The Bertz CT molecular complexity index is 391. The molecule has 1 atom stereocenters. The highest BCUT2D eigenvalue weighted by molar-refractivity contribution is 7.98. The molecule has 92 valence electrons. The molecule has 0 saturated carbocycles. The highest BCUT2D eigenvalue weighted by Gasteiger charge is 2.28. The topological polar surface area (TPSA) is 40.5 Å².